The Morgan fingerprint density at radius 3 is 2.46 bits per heavy atom. The van der Waals surface area contributed by atoms with Crippen molar-refractivity contribution in [1.29, 1.82) is 0 Å². The van der Waals surface area contributed by atoms with Gasteiger partial charge in [0, 0.05) is 25.1 Å². The highest BCUT2D eigenvalue weighted by Crippen LogP contribution is 2.35. The number of aromatic nitrogens is 1. The van der Waals surface area contributed by atoms with E-state index in [-0.39, 0.29) is 18.0 Å². The van der Waals surface area contributed by atoms with Gasteiger partial charge in [-0.2, -0.15) is 0 Å². The van der Waals surface area contributed by atoms with Gasteiger partial charge in [-0.05, 0) is 49.7 Å². The first-order chi connectivity index (χ1) is 13.5. The van der Waals surface area contributed by atoms with E-state index in [0.717, 1.165) is 0 Å². The number of halogens is 2. The number of carboxylic acid groups (broad SMARTS) is 1. The lowest BCUT2D eigenvalue weighted by molar-refractivity contribution is -0.138. The number of hydrogen-bond acceptors (Lipinski definition) is 5. The largest absolute Gasteiger partial charge is 0.481 e. The molecule has 4 rings (SSSR count). The first-order valence-corrected chi connectivity index (χ1v) is 10.4. The van der Waals surface area contributed by atoms with E-state index in [1.165, 1.54) is 36.3 Å². The van der Waals surface area contributed by atoms with Gasteiger partial charge in [-0.1, -0.05) is 0 Å². The fraction of sp³-hybridized carbons (Fsp3) is 0.500. The van der Waals surface area contributed by atoms with Gasteiger partial charge in [-0.3, -0.25) is 4.79 Å². The molecule has 0 unspecified atom stereocenters. The molecule has 0 spiro atoms. The van der Waals surface area contributed by atoms with E-state index in [2.05, 4.69) is 4.98 Å². The van der Waals surface area contributed by atoms with E-state index < -0.39 is 17.6 Å². The van der Waals surface area contributed by atoms with Crippen molar-refractivity contribution in [2.24, 2.45) is 11.8 Å². The molecule has 2 fully saturated rings. The summed E-state index contributed by atoms with van der Waals surface area (Å²) < 4.78 is 35.1. The molecule has 28 heavy (non-hydrogen) atoms. The van der Waals surface area contributed by atoms with Crippen LogP contribution in [-0.4, -0.2) is 35.8 Å². The van der Waals surface area contributed by atoms with Gasteiger partial charge >= 0.3 is 5.97 Å². The third kappa shape index (κ3) is 4.43. The third-order valence-electron chi connectivity index (χ3n) is 5.30. The Bertz CT molecular complexity index is 838. The highest BCUT2D eigenvalue weighted by Gasteiger charge is 2.26. The minimum absolute atomic E-state index is 0.0423. The Kier molecular flexibility index (Phi) is 5.48. The summed E-state index contributed by atoms with van der Waals surface area (Å²) in [5.41, 5.74) is 0.352. The molecule has 1 aromatic heterocycles. The second-order valence-electron chi connectivity index (χ2n) is 7.56. The molecule has 1 aromatic carbocycles. The highest BCUT2D eigenvalue weighted by molar-refractivity contribution is 7.13. The summed E-state index contributed by atoms with van der Waals surface area (Å²) >= 11 is 1.30. The first-order valence-electron chi connectivity index (χ1n) is 9.54. The minimum Gasteiger partial charge on any atom is -0.481 e. The van der Waals surface area contributed by atoms with Gasteiger partial charge in [0.1, 0.15) is 22.3 Å². The number of thiazole rings is 1. The van der Waals surface area contributed by atoms with Gasteiger partial charge < -0.3 is 14.7 Å². The normalized spacial score (nSPS) is 17.7. The average molecular weight is 408 g/mol. The summed E-state index contributed by atoms with van der Waals surface area (Å²) in [6, 6.07) is 2.62. The molecule has 1 aliphatic carbocycles. The Labute approximate surface area is 166 Å². The number of piperidine rings is 1. The SMILES string of the molecule is O=C(O)CC1CCN(c2c(F)cc(-c3nc(OCC4CC4)cs3)cc2F)CC1. The maximum atomic E-state index is 14.7. The van der Waals surface area contributed by atoms with E-state index in [4.69, 9.17) is 9.84 Å². The molecule has 0 radical (unpaired) electrons. The van der Waals surface area contributed by atoms with Crippen molar-refractivity contribution in [1.82, 2.24) is 4.98 Å². The number of rotatable bonds is 7. The molecule has 0 bridgehead atoms. The second-order valence-corrected chi connectivity index (χ2v) is 8.42. The molecule has 1 saturated carbocycles. The van der Waals surface area contributed by atoms with E-state index in [1.54, 1.807) is 10.3 Å². The van der Waals surface area contributed by atoms with Gasteiger partial charge in [0.05, 0.1) is 12.0 Å². The van der Waals surface area contributed by atoms with Crippen LogP contribution in [-0.2, 0) is 4.79 Å². The Morgan fingerprint density at radius 1 is 1.18 bits per heavy atom. The number of ether oxygens (including phenoxy) is 1. The smallest absolute Gasteiger partial charge is 0.303 e. The Balaban J connectivity index is 1.45. The quantitative estimate of drug-likeness (QED) is 0.727. The number of hydrogen-bond donors (Lipinski definition) is 1. The highest BCUT2D eigenvalue weighted by atomic mass is 32.1. The maximum absolute atomic E-state index is 14.7. The fourth-order valence-corrected chi connectivity index (χ4v) is 4.27. The van der Waals surface area contributed by atoms with Crippen LogP contribution >= 0.6 is 11.3 Å². The second kappa shape index (κ2) is 8.03. The molecule has 150 valence electrons. The standard InChI is InChI=1S/C20H22F2N2O3S/c21-15-8-14(20-23-17(11-28-20)27-10-13-1-2-13)9-16(22)19(15)24-5-3-12(4-6-24)7-18(25)26/h8-9,11-13H,1-7,10H2,(H,25,26). The van der Waals surface area contributed by atoms with Gasteiger partial charge in [0.15, 0.2) is 0 Å². The van der Waals surface area contributed by atoms with Gasteiger partial charge in [0.25, 0.3) is 0 Å². The minimum atomic E-state index is -0.830. The van der Waals surface area contributed by atoms with Crippen LogP contribution in [0.15, 0.2) is 17.5 Å². The van der Waals surface area contributed by atoms with Crippen LogP contribution in [0.2, 0.25) is 0 Å². The number of aliphatic carboxylic acids is 1. The van der Waals surface area contributed by atoms with Crippen molar-refractivity contribution in [3.05, 3.63) is 29.1 Å². The van der Waals surface area contributed by atoms with Crippen LogP contribution in [0.1, 0.15) is 32.1 Å². The van der Waals surface area contributed by atoms with Crippen LogP contribution in [0.3, 0.4) is 0 Å². The van der Waals surface area contributed by atoms with Crippen molar-refractivity contribution in [2.75, 3.05) is 24.6 Å². The van der Waals surface area contributed by atoms with Crippen LogP contribution in [0.5, 0.6) is 5.88 Å². The van der Waals surface area contributed by atoms with Crippen molar-refractivity contribution < 1.29 is 23.4 Å². The van der Waals surface area contributed by atoms with E-state index in [9.17, 15) is 13.6 Å². The van der Waals surface area contributed by atoms with E-state index >= 15 is 0 Å². The molecule has 2 aromatic rings. The summed E-state index contributed by atoms with van der Waals surface area (Å²) in [5, 5.41) is 11.2. The zero-order chi connectivity index (χ0) is 19.7. The molecule has 1 aliphatic heterocycles. The van der Waals surface area contributed by atoms with Crippen LogP contribution in [0, 0.1) is 23.5 Å². The number of carbonyl (C=O) groups is 1. The van der Waals surface area contributed by atoms with Crippen molar-refractivity contribution >= 4 is 23.0 Å². The van der Waals surface area contributed by atoms with Crippen molar-refractivity contribution in [3.63, 3.8) is 0 Å². The maximum Gasteiger partial charge on any atom is 0.303 e. The molecule has 1 N–H and O–H groups in total. The average Bonchev–Trinajstić information content (AvgIpc) is 3.36. The first kappa shape index (κ1) is 19.1. The summed E-state index contributed by atoms with van der Waals surface area (Å²) in [7, 11) is 0. The lowest BCUT2D eigenvalue weighted by Crippen LogP contribution is -2.35. The molecular formula is C20H22F2N2O3S. The van der Waals surface area contributed by atoms with Crippen LogP contribution in [0.25, 0.3) is 10.6 Å². The predicted molar refractivity (Wildman–Crippen MR) is 103 cm³/mol. The Hall–Kier alpha value is -2.22. The predicted octanol–water partition coefficient (Wildman–Crippen LogP) is 4.57. The van der Waals surface area contributed by atoms with E-state index in [1.807, 2.05) is 0 Å². The van der Waals surface area contributed by atoms with Crippen molar-refractivity contribution in [3.8, 4) is 16.5 Å². The van der Waals surface area contributed by atoms with Gasteiger partial charge in [-0.15, -0.1) is 11.3 Å². The number of carboxylic acids is 1. The lowest BCUT2D eigenvalue weighted by atomic mass is 9.93. The third-order valence-corrected chi connectivity index (χ3v) is 6.17. The number of benzene rings is 1. The summed E-state index contributed by atoms with van der Waals surface area (Å²) in [6.07, 6.45) is 3.69. The summed E-state index contributed by atoms with van der Waals surface area (Å²) in [6.45, 7) is 1.53. The lowest BCUT2D eigenvalue weighted by Gasteiger charge is -2.33. The van der Waals surface area contributed by atoms with E-state index in [0.29, 0.717) is 54.9 Å². The van der Waals surface area contributed by atoms with Crippen molar-refractivity contribution in [2.45, 2.75) is 32.1 Å². The topological polar surface area (TPSA) is 62.7 Å². The van der Waals surface area contributed by atoms with Crippen LogP contribution < -0.4 is 9.64 Å². The molecule has 2 aliphatic rings. The molecule has 5 nitrogen and oxygen atoms in total. The number of nitrogens with zero attached hydrogens (tertiary/aromatic N) is 2. The molecule has 2 heterocycles. The molecule has 8 heteroatoms. The zero-order valence-corrected chi connectivity index (χ0v) is 16.2. The van der Waals surface area contributed by atoms with Gasteiger partial charge in [-0.25, -0.2) is 13.8 Å². The monoisotopic (exact) mass is 408 g/mol. The molecule has 1 saturated heterocycles. The fourth-order valence-electron chi connectivity index (χ4n) is 3.54. The summed E-state index contributed by atoms with van der Waals surface area (Å²) in [4.78, 5) is 16.8. The number of anilines is 1. The molecule has 0 amide bonds. The van der Waals surface area contributed by atoms with Crippen LogP contribution in [0.4, 0.5) is 14.5 Å². The molecule has 0 atom stereocenters. The Morgan fingerprint density at radius 2 is 1.86 bits per heavy atom. The molecular weight excluding hydrogens is 386 g/mol. The van der Waals surface area contributed by atoms with Gasteiger partial charge in [0.2, 0.25) is 5.88 Å². The summed E-state index contributed by atoms with van der Waals surface area (Å²) in [5.74, 6) is -0.909. The zero-order valence-electron chi connectivity index (χ0n) is 15.4.